The highest BCUT2D eigenvalue weighted by atomic mass is 31.2. The Morgan fingerprint density at radius 1 is 0.474 bits per heavy atom. The minimum atomic E-state index is -1.66. The number of ether oxygens (including phenoxy) is 5. The molecule has 0 fully saturated rings. The summed E-state index contributed by atoms with van der Waals surface area (Å²) in [7, 11) is -1.66. The van der Waals surface area contributed by atoms with Crippen LogP contribution in [0, 0.1) is 5.41 Å². The van der Waals surface area contributed by atoms with E-state index in [9.17, 15) is 14.4 Å². The first-order valence-electron chi connectivity index (χ1n) is 27.8. The minimum absolute atomic E-state index is 0.0383. The average molecular weight is 1080 g/mol. The molecule has 78 heavy (non-hydrogen) atoms. The van der Waals surface area contributed by atoms with Crippen molar-refractivity contribution in [1.82, 2.24) is 20.6 Å². The smallest absolute Gasteiger partial charge is 0.407 e. The van der Waals surface area contributed by atoms with Crippen LogP contribution in [0.25, 0.3) is 33.4 Å². The first-order chi connectivity index (χ1) is 38.6. The maximum atomic E-state index is 13.0. The molecule has 3 aliphatic rings. The summed E-state index contributed by atoms with van der Waals surface area (Å²) < 4.78 is 54.0. The highest BCUT2D eigenvalue weighted by Gasteiger charge is 2.35. The van der Waals surface area contributed by atoms with E-state index in [2.05, 4.69) is 121 Å². The van der Waals surface area contributed by atoms with Crippen LogP contribution in [0.15, 0.2) is 146 Å². The summed E-state index contributed by atoms with van der Waals surface area (Å²) in [4.78, 5) is 39.0. The molecule has 0 saturated heterocycles. The first kappa shape index (κ1) is 54.7. The maximum absolute atomic E-state index is 13.0. The Labute approximate surface area is 461 Å². The molecular weight excluding hydrogens is 1000 g/mol. The van der Waals surface area contributed by atoms with Crippen LogP contribution in [0.3, 0.4) is 0 Å². The van der Waals surface area contributed by atoms with E-state index in [-0.39, 0.29) is 109 Å². The van der Waals surface area contributed by atoms with Crippen molar-refractivity contribution in [2.24, 2.45) is 5.41 Å². The van der Waals surface area contributed by atoms with Gasteiger partial charge < -0.3 is 48.7 Å². The largest absolute Gasteiger partial charge is 0.449 e. The van der Waals surface area contributed by atoms with Gasteiger partial charge >= 0.3 is 18.3 Å². The Morgan fingerprint density at radius 2 is 0.795 bits per heavy atom. The number of nitrogens with one attached hydrogen (secondary N) is 3. The van der Waals surface area contributed by atoms with E-state index in [0.717, 1.165) is 55.6 Å². The molecular formula is C63H73N4O10P. The van der Waals surface area contributed by atoms with Crippen LogP contribution in [-0.4, -0.2) is 114 Å². The maximum Gasteiger partial charge on any atom is 0.407 e. The van der Waals surface area contributed by atoms with Gasteiger partial charge in [0.25, 0.3) is 8.53 Å². The third kappa shape index (κ3) is 13.6. The molecule has 3 amide bonds. The molecule has 0 saturated carbocycles. The second kappa shape index (κ2) is 26.8. The number of hydrogen-bond donors (Lipinski definition) is 3. The van der Waals surface area contributed by atoms with Crippen LogP contribution in [0.1, 0.15) is 93.5 Å². The van der Waals surface area contributed by atoms with E-state index in [1.165, 1.54) is 11.1 Å². The molecule has 0 bridgehead atoms. The van der Waals surface area contributed by atoms with Gasteiger partial charge in [0.05, 0.1) is 39.6 Å². The van der Waals surface area contributed by atoms with Crippen molar-refractivity contribution in [3.8, 4) is 33.4 Å². The van der Waals surface area contributed by atoms with Gasteiger partial charge in [-0.15, -0.1) is 0 Å². The fraction of sp³-hybridized carbons (Fsp3) is 0.381. The third-order valence-corrected chi connectivity index (χ3v) is 16.5. The second-order valence-corrected chi connectivity index (χ2v) is 22.1. The van der Waals surface area contributed by atoms with E-state index in [4.69, 9.17) is 34.1 Å². The standard InChI is InChI=1S/C63H73N4O10P/c1-43(2)67(44(3)4)78(76-34-18-31-64-60(68)73-37-57-51-25-12-6-19-45(51)46-20-7-13-26-52(46)57)77-42-63(5,40-71-35-32-65-61(69)74-38-58-53-27-14-8-21-47(53)48-22-9-15-28-54(48)58)41-72-36-33-66-62(70)75-39-59-55-29-16-10-23-49(55)50-24-11-17-30-56(50)59/h6-17,19-30,43-44,57-59H,18,31-42H2,1-5H3,(H,64,68)(H,65,69)(H,66,70)/i5D. The van der Waals surface area contributed by atoms with Gasteiger partial charge in [0.15, 0.2) is 0 Å². The normalized spacial score (nSPS) is 14.0. The van der Waals surface area contributed by atoms with Crippen molar-refractivity contribution < 1.29 is 48.5 Å². The Hall–Kier alpha value is -6.64. The van der Waals surface area contributed by atoms with Gasteiger partial charge in [-0.05, 0) is 101 Å². The van der Waals surface area contributed by atoms with Crippen LogP contribution in [0.2, 0.25) is 0 Å². The highest BCUT2D eigenvalue weighted by molar-refractivity contribution is 7.44. The summed E-state index contributed by atoms with van der Waals surface area (Å²) in [6.45, 7) is 10.2. The lowest BCUT2D eigenvalue weighted by Crippen LogP contribution is -2.39. The molecule has 3 aliphatic carbocycles. The molecule has 15 heteroatoms. The van der Waals surface area contributed by atoms with Crippen LogP contribution in [0.4, 0.5) is 14.4 Å². The SMILES string of the molecule is [2H]CC(COCCNC(=O)OCC1c2ccccc2-c2ccccc21)(COCCNC(=O)OCC1c2ccccc2-c2ccccc21)COP(OCCCNC(=O)OCC1c2ccccc2-c2ccccc21)N(C(C)C)C(C)C. The minimum Gasteiger partial charge on any atom is -0.449 e. The number of benzene rings is 6. The molecule has 0 radical (unpaired) electrons. The predicted octanol–water partition coefficient (Wildman–Crippen LogP) is 12.4. The molecule has 9 rings (SSSR count). The molecule has 1 unspecified atom stereocenters. The summed E-state index contributed by atoms with van der Waals surface area (Å²) in [5.74, 6) is -0.170. The number of hydrogen-bond acceptors (Lipinski definition) is 11. The van der Waals surface area contributed by atoms with Crippen LogP contribution >= 0.6 is 8.53 Å². The Bertz CT molecular complexity index is 2750. The molecule has 410 valence electrons. The fourth-order valence-corrected chi connectivity index (χ4v) is 12.6. The zero-order valence-electron chi connectivity index (χ0n) is 46.1. The van der Waals surface area contributed by atoms with Crippen LogP contribution in [0.5, 0.6) is 0 Å². The molecule has 3 N–H and O–H groups in total. The number of amides is 3. The lowest BCUT2D eigenvalue weighted by molar-refractivity contribution is -0.0365. The number of alkyl carbamates (subject to hydrolysis) is 3. The quantitative estimate of drug-likeness (QED) is 0.0256. The van der Waals surface area contributed by atoms with E-state index in [1.807, 2.05) is 72.8 Å². The monoisotopic (exact) mass is 1080 g/mol. The van der Waals surface area contributed by atoms with Crippen LogP contribution < -0.4 is 16.0 Å². The van der Waals surface area contributed by atoms with Crippen molar-refractivity contribution in [2.75, 3.05) is 79.1 Å². The van der Waals surface area contributed by atoms with Crippen molar-refractivity contribution in [2.45, 2.75) is 70.9 Å². The molecule has 0 aliphatic heterocycles. The molecule has 6 aromatic rings. The summed E-state index contributed by atoms with van der Waals surface area (Å²) >= 11 is 0. The summed E-state index contributed by atoms with van der Waals surface area (Å²) in [6, 6.07) is 49.4. The van der Waals surface area contributed by atoms with E-state index in [1.54, 1.807) is 0 Å². The van der Waals surface area contributed by atoms with Crippen LogP contribution in [-0.2, 0) is 32.7 Å². The number of fused-ring (bicyclic) bond motifs is 9. The van der Waals surface area contributed by atoms with Crippen molar-refractivity contribution in [3.63, 3.8) is 0 Å². The molecule has 0 heterocycles. The zero-order chi connectivity index (χ0) is 55.1. The van der Waals surface area contributed by atoms with Crippen molar-refractivity contribution in [1.29, 1.82) is 0 Å². The van der Waals surface area contributed by atoms with Gasteiger partial charge in [-0.25, -0.2) is 19.1 Å². The molecule has 0 aromatic heterocycles. The van der Waals surface area contributed by atoms with Gasteiger partial charge in [0.2, 0.25) is 0 Å². The zero-order valence-corrected chi connectivity index (χ0v) is 46.0. The Morgan fingerprint density at radius 3 is 1.12 bits per heavy atom. The lowest BCUT2D eigenvalue weighted by Gasteiger charge is -2.38. The number of carbonyl (C=O) groups is 3. The molecule has 0 spiro atoms. The van der Waals surface area contributed by atoms with Gasteiger partial charge in [0, 0.05) is 56.3 Å². The fourth-order valence-electron chi connectivity index (χ4n) is 10.8. The summed E-state index contributed by atoms with van der Waals surface area (Å²) in [5.41, 5.74) is 12.8. The summed E-state index contributed by atoms with van der Waals surface area (Å²) in [6.07, 6.45) is -1.09. The number of nitrogens with zero attached hydrogens (tertiary/aromatic N) is 1. The van der Waals surface area contributed by atoms with Gasteiger partial charge in [0.1, 0.15) is 19.8 Å². The van der Waals surface area contributed by atoms with Gasteiger partial charge in [-0.1, -0.05) is 152 Å². The number of carbonyl (C=O) groups excluding carboxylic acids is 3. The van der Waals surface area contributed by atoms with Gasteiger partial charge in [-0.2, -0.15) is 0 Å². The molecule has 14 nitrogen and oxygen atoms in total. The Balaban J connectivity index is 0.768. The first-order valence-corrected chi connectivity index (χ1v) is 28.2. The van der Waals surface area contributed by atoms with Crippen molar-refractivity contribution in [3.05, 3.63) is 179 Å². The topological polar surface area (TPSA) is 155 Å². The molecule has 1 atom stereocenters. The van der Waals surface area contributed by atoms with Gasteiger partial charge in [-0.3, -0.25) is 0 Å². The molecule has 6 aromatic carbocycles. The second-order valence-electron chi connectivity index (χ2n) is 20.6. The average Bonchev–Trinajstić information content (AvgIpc) is 4.33. The Kier molecular flexibility index (Phi) is 18.8. The van der Waals surface area contributed by atoms with E-state index in [0.29, 0.717) is 13.0 Å². The summed E-state index contributed by atoms with van der Waals surface area (Å²) in [5, 5.41) is 8.53. The van der Waals surface area contributed by atoms with E-state index < -0.39 is 32.2 Å². The highest BCUT2D eigenvalue weighted by Crippen LogP contribution is 2.49. The predicted molar refractivity (Wildman–Crippen MR) is 305 cm³/mol. The van der Waals surface area contributed by atoms with E-state index >= 15 is 0 Å². The number of rotatable bonds is 27. The third-order valence-electron chi connectivity index (χ3n) is 14.4. The lowest BCUT2D eigenvalue weighted by atomic mass is 9.94. The van der Waals surface area contributed by atoms with Crippen molar-refractivity contribution >= 4 is 26.8 Å².